The van der Waals surface area contributed by atoms with Crippen molar-refractivity contribution in [3.05, 3.63) is 131 Å². The molecule has 392 valence electrons. The molecule has 0 unspecified atom stereocenters. The molecule has 6 rings (SSSR count). The van der Waals surface area contributed by atoms with Crippen LogP contribution in [0.4, 0.5) is 5.69 Å². The third kappa shape index (κ3) is 16.9. The average molecular weight is 1050 g/mol. The van der Waals surface area contributed by atoms with E-state index in [1.165, 1.54) is 118 Å². The summed E-state index contributed by atoms with van der Waals surface area (Å²) in [6.45, 7) is 9.35. The first-order valence-electron chi connectivity index (χ1n) is 23.0. The van der Waals surface area contributed by atoms with Crippen molar-refractivity contribution in [2.45, 2.75) is 34.0 Å². The van der Waals surface area contributed by atoms with E-state index in [0.717, 1.165) is 0 Å². The van der Waals surface area contributed by atoms with Gasteiger partial charge in [0.2, 0.25) is 41.0 Å². The minimum atomic E-state index is -1.88. The number of rotatable bonds is 27. The van der Waals surface area contributed by atoms with E-state index in [2.05, 4.69) is 19.8 Å². The zero-order valence-corrected chi connectivity index (χ0v) is 41.3. The average Bonchev–Trinajstić information content (AvgIpc) is 3.43. The van der Waals surface area contributed by atoms with E-state index < -0.39 is 52.5 Å². The summed E-state index contributed by atoms with van der Waals surface area (Å²) in [6, 6.07) is 26.8. The number of hydrogen-bond donors (Lipinski definition) is 4. The number of benzene rings is 3. The van der Waals surface area contributed by atoms with Crippen molar-refractivity contribution >= 4 is 61.3 Å². The summed E-state index contributed by atoms with van der Waals surface area (Å²) in [4.78, 5) is 49.6. The van der Waals surface area contributed by atoms with Crippen LogP contribution in [0.2, 0.25) is 0 Å². The van der Waals surface area contributed by atoms with Crippen molar-refractivity contribution in [3.63, 3.8) is 0 Å². The Balaban J connectivity index is 1.25. The van der Waals surface area contributed by atoms with Crippen LogP contribution in [-0.2, 0) is 51.0 Å². The second kappa shape index (κ2) is 28.4. The zero-order valence-electron chi connectivity index (χ0n) is 41.3. The summed E-state index contributed by atoms with van der Waals surface area (Å²) in [5, 5.41) is 63.6. The molecule has 0 radical (unpaired) electrons. The maximum atomic E-state index is 11.7. The lowest BCUT2D eigenvalue weighted by Crippen LogP contribution is -2.52. The van der Waals surface area contributed by atoms with Gasteiger partial charge in [0.05, 0.1) is 19.8 Å². The third-order valence-electron chi connectivity index (χ3n) is 10.2. The summed E-state index contributed by atoms with van der Waals surface area (Å²) in [6.07, 6.45) is 0. The van der Waals surface area contributed by atoms with Crippen LogP contribution < -0.4 is 44.8 Å². The van der Waals surface area contributed by atoms with E-state index in [0.29, 0.717) is 0 Å². The van der Waals surface area contributed by atoms with Gasteiger partial charge in [-0.05, 0) is 88.2 Å². The third-order valence-corrected chi connectivity index (χ3v) is 10.2. The summed E-state index contributed by atoms with van der Waals surface area (Å²) >= 11 is 0. The molecule has 0 atom stereocenters. The maximum Gasteiger partial charge on any atom is 0.478 e. The smallest absolute Gasteiger partial charge is 0.478 e. The van der Waals surface area contributed by atoms with E-state index in [-0.39, 0.29) is 136 Å². The summed E-state index contributed by atoms with van der Waals surface area (Å²) in [7, 11) is -5.33. The van der Waals surface area contributed by atoms with Gasteiger partial charge in [0.15, 0.2) is 0 Å². The highest BCUT2D eigenvalue weighted by atomic mass is 16.6. The molecule has 3 aromatic heterocycles. The first-order chi connectivity index (χ1) is 37.2. The van der Waals surface area contributed by atoms with Gasteiger partial charge in [-0.25, -0.2) is 4.85 Å². The topological polar surface area (TPSA) is 324 Å². The van der Waals surface area contributed by atoms with Gasteiger partial charge in [-0.3, -0.25) is 14.4 Å². The van der Waals surface area contributed by atoms with Crippen molar-refractivity contribution < 1.29 is 86.4 Å². The molecule has 0 aliphatic carbocycles. The highest BCUT2D eigenvalue weighted by molar-refractivity contribution is 6.79. The van der Waals surface area contributed by atoms with Crippen LogP contribution in [0.25, 0.3) is 4.85 Å². The molecule has 0 fully saturated rings. The number of nitriles is 2. The number of esters is 3. The lowest BCUT2D eigenvalue weighted by atomic mass is 9.65. The lowest BCUT2D eigenvalue weighted by molar-refractivity contribution is -0.142. The monoisotopic (exact) mass is 1050 g/mol. The first-order valence-corrected chi connectivity index (χ1v) is 23.0. The number of aliphatic hydroxyl groups excluding tert-OH is 2. The van der Waals surface area contributed by atoms with Gasteiger partial charge in [0, 0.05) is 32.9 Å². The SMILES string of the molecule is [C-]#[N+]c1ccc(Oc2ccc(B(O)OB(OB(O)c3ccc(Oc4ccc(C#N)c(OCCOC(C)=O)n4)cc3CO)c3ccc(Oc4ccc(C#N)c(OCCOC(C)=O)n4)cc3CO)cc2)nc1OCCOC(C)=O. The summed E-state index contributed by atoms with van der Waals surface area (Å²) < 4.78 is 61.2. The quantitative estimate of drug-likeness (QED) is 0.0189. The van der Waals surface area contributed by atoms with Crippen LogP contribution in [0, 0.1) is 29.2 Å². The van der Waals surface area contributed by atoms with Crippen LogP contribution in [0.3, 0.4) is 0 Å². The number of ether oxygens (including phenoxy) is 9. The van der Waals surface area contributed by atoms with Crippen LogP contribution in [0.15, 0.2) is 97.1 Å². The molecule has 0 bridgehead atoms. The van der Waals surface area contributed by atoms with E-state index in [9.17, 15) is 45.2 Å². The van der Waals surface area contributed by atoms with Crippen LogP contribution in [-0.4, -0.2) is 114 Å². The Morgan fingerprint density at radius 3 is 1.43 bits per heavy atom. The molecule has 24 nitrogen and oxygen atoms in total. The standard InChI is InChI=1S/C50H45B3N6O18/c1-31(62)67-19-22-70-48-34(27-54)5-16-45(57-48)74-40-11-13-42(36(25-40)29-60)52(66)77-53(43-14-12-41(26-37(43)30-61)75-46-17-6-35(28-55)49(58-46)71-23-20-68-32(2)63)76-51(65)38-7-9-39(10-8-38)73-47-18-15-44(56-4)50(59-47)72-24-21-69-33(3)64/h5-18,25-26,60-61,65-66H,19-24,29-30H2,1-3H3. The fraction of sp³-hybridized carbons (Fsp3) is 0.220. The molecular weight excluding hydrogens is 1010 g/mol. The largest absolute Gasteiger partial charge is 0.483 e. The number of hydrogen-bond acceptors (Lipinski definition) is 23. The molecule has 0 amide bonds. The zero-order chi connectivity index (χ0) is 55.3. The van der Waals surface area contributed by atoms with Gasteiger partial charge >= 0.3 is 39.3 Å². The molecule has 0 spiro atoms. The Bertz CT molecular complexity index is 3170. The van der Waals surface area contributed by atoms with E-state index in [1.54, 1.807) is 0 Å². The van der Waals surface area contributed by atoms with Gasteiger partial charge < -0.3 is 72.0 Å². The molecule has 27 heteroatoms. The highest BCUT2D eigenvalue weighted by Gasteiger charge is 2.36. The predicted molar refractivity (Wildman–Crippen MR) is 269 cm³/mol. The van der Waals surface area contributed by atoms with Crippen LogP contribution >= 0.6 is 0 Å². The number of pyridine rings is 3. The number of aromatic nitrogens is 3. The van der Waals surface area contributed by atoms with Gasteiger partial charge in [-0.2, -0.15) is 25.5 Å². The van der Waals surface area contributed by atoms with Crippen LogP contribution in [0.1, 0.15) is 43.0 Å². The molecule has 3 heterocycles. The molecule has 4 N–H and O–H groups in total. The van der Waals surface area contributed by atoms with Crippen molar-refractivity contribution in [2.24, 2.45) is 0 Å². The molecule has 0 saturated carbocycles. The predicted octanol–water partition coefficient (Wildman–Crippen LogP) is 2.86. The van der Waals surface area contributed by atoms with Gasteiger partial charge in [-0.1, -0.05) is 24.3 Å². The maximum absolute atomic E-state index is 11.7. The Morgan fingerprint density at radius 2 is 0.961 bits per heavy atom. The van der Waals surface area contributed by atoms with Crippen molar-refractivity contribution in [1.29, 1.82) is 10.5 Å². The Kier molecular flexibility index (Phi) is 21.1. The molecule has 3 aromatic carbocycles. The Hall–Kier alpha value is -9.26. The summed E-state index contributed by atoms with van der Waals surface area (Å²) in [5.41, 5.74) is 0.798. The van der Waals surface area contributed by atoms with Crippen LogP contribution in [0.5, 0.6) is 52.5 Å². The Labute approximate surface area is 441 Å². The highest BCUT2D eigenvalue weighted by Crippen LogP contribution is 2.31. The molecular formula is C50H45B3N6O18. The second-order valence-electron chi connectivity index (χ2n) is 15.6. The van der Waals surface area contributed by atoms with Gasteiger partial charge in [0.25, 0.3) is 0 Å². The molecule has 0 aliphatic heterocycles. The number of carbonyl (C=O) groups is 3. The minimum absolute atomic E-state index is 0.00820. The van der Waals surface area contributed by atoms with E-state index in [1.807, 2.05) is 12.1 Å². The van der Waals surface area contributed by atoms with Gasteiger partial charge in [0.1, 0.15) is 80.2 Å². The molecule has 77 heavy (non-hydrogen) atoms. The summed E-state index contributed by atoms with van der Waals surface area (Å²) in [5.74, 6) is -1.22. The second-order valence-corrected chi connectivity index (χ2v) is 15.6. The fourth-order valence-corrected chi connectivity index (χ4v) is 6.65. The number of nitrogens with zero attached hydrogens (tertiary/aromatic N) is 6. The van der Waals surface area contributed by atoms with Gasteiger partial charge in [-0.15, -0.1) is 0 Å². The molecule has 0 saturated heterocycles. The fourth-order valence-electron chi connectivity index (χ4n) is 6.65. The lowest BCUT2D eigenvalue weighted by Gasteiger charge is -2.23. The van der Waals surface area contributed by atoms with E-state index in [4.69, 9.17) is 58.3 Å². The van der Waals surface area contributed by atoms with Crippen molar-refractivity contribution in [1.82, 2.24) is 15.0 Å². The van der Waals surface area contributed by atoms with Crippen molar-refractivity contribution in [3.8, 4) is 64.7 Å². The first kappa shape index (κ1) is 57.0. The van der Waals surface area contributed by atoms with Crippen molar-refractivity contribution in [2.75, 3.05) is 39.6 Å². The molecule has 0 aliphatic rings. The normalized spacial score (nSPS) is 10.4. The molecule has 6 aromatic rings. The minimum Gasteiger partial charge on any atom is -0.483 e. The number of carbonyl (C=O) groups excluding carboxylic acids is 3. The Morgan fingerprint density at radius 1 is 0.545 bits per heavy atom. The number of aliphatic hydroxyl groups is 2. The van der Waals surface area contributed by atoms with E-state index >= 15 is 0 Å².